The first kappa shape index (κ1) is 13.5. The van der Waals surface area contributed by atoms with E-state index in [-0.39, 0.29) is 5.91 Å². The van der Waals surface area contributed by atoms with Gasteiger partial charge in [-0.1, -0.05) is 6.42 Å². The summed E-state index contributed by atoms with van der Waals surface area (Å²) in [7, 11) is 1.84. The van der Waals surface area contributed by atoms with Crippen LogP contribution in [-0.4, -0.2) is 62.0 Å². The molecule has 0 aliphatic carbocycles. The lowest BCUT2D eigenvalue weighted by molar-refractivity contribution is -0.128. The molecule has 0 aromatic carbocycles. The molecular formula is C12H25N3O. The zero-order valence-electron chi connectivity index (χ0n) is 10.7. The molecule has 0 spiro atoms. The van der Waals surface area contributed by atoms with Gasteiger partial charge in [-0.2, -0.15) is 0 Å². The van der Waals surface area contributed by atoms with Gasteiger partial charge in [-0.15, -0.1) is 0 Å². The fourth-order valence-electron chi connectivity index (χ4n) is 1.93. The summed E-state index contributed by atoms with van der Waals surface area (Å²) in [5.74, 6) is 0.182. The first-order valence-electron chi connectivity index (χ1n) is 6.41. The summed E-state index contributed by atoms with van der Waals surface area (Å²) >= 11 is 0. The topological polar surface area (TPSA) is 35.6 Å². The SMILES string of the molecule is CCN(C)C(=O)CNCCN1CCCCC1. The molecular weight excluding hydrogens is 202 g/mol. The van der Waals surface area contributed by atoms with Crippen molar-refractivity contribution >= 4 is 5.91 Å². The fraction of sp³-hybridized carbons (Fsp3) is 0.917. The maximum Gasteiger partial charge on any atom is 0.236 e. The number of likely N-dealkylation sites (N-methyl/N-ethyl adjacent to an activating group) is 1. The van der Waals surface area contributed by atoms with Crippen LogP contribution in [0.15, 0.2) is 0 Å². The molecule has 0 aromatic heterocycles. The lowest BCUT2D eigenvalue weighted by Crippen LogP contribution is -2.40. The zero-order chi connectivity index (χ0) is 11.8. The third kappa shape index (κ3) is 4.94. The van der Waals surface area contributed by atoms with E-state index < -0.39 is 0 Å². The van der Waals surface area contributed by atoms with Crippen LogP contribution in [0.3, 0.4) is 0 Å². The number of hydrogen-bond donors (Lipinski definition) is 1. The molecule has 4 heteroatoms. The highest BCUT2D eigenvalue weighted by molar-refractivity contribution is 5.77. The molecule has 1 N–H and O–H groups in total. The standard InChI is InChI=1S/C12H25N3O/c1-3-14(2)12(16)11-13-7-10-15-8-5-4-6-9-15/h13H,3-11H2,1-2H3. The van der Waals surface area contributed by atoms with E-state index in [1.807, 2.05) is 14.0 Å². The monoisotopic (exact) mass is 227 g/mol. The van der Waals surface area contributed by atoms with Crippen molar-refractivity contribution < 1.29 is 4.79 Å². The van der Waals surface area contributed by atoms with Crippen LogP contribution >= 0.6 is 0 Å². The number of rotatable bonds is 6. The summed E-state index contributed by atoms with van der Waals surface area (Å²) in [6, 6.07) is 0. The van der Waals surface area contributed by atoms with E-state index in [9.17, 15) is 4.79 Å². The average molecular weight is 227 g/mol. The largest absolute Gasteiger partial charge is 0.345 e. The van der Waals surface area contributed by atoms with Crippen molar-refractivity contribution in [3.63, 3.8) is 0 Å². The number of nitrogens with zero attached hydrogens (tertiary/aromatic N) is 2. The Kier molecular flexibility index (Phi) is 6.42. The van der Waals surface area contributed by atoms with E-state index in [0.29, 0.717) is 6.54 Å². The van der Waals surface area contributed by atoms with E-state index in [1.165, 1.54) is 32.4 Å². The minimum atomic E-state index is 0.182. The summed E-state index contributed by atoms with van der Waals surface area (Å²) in [4.78, 5) is 15.7. The van der Waals surface area contributed by atoms with Crippen LogP contribution in [0.25, 0.3) is 0 Å². The minimum absolute atomic E-state index is 0.182. The first-order chi connectivity index (χ1) is 7.74. The van der Waals surface area contributed by atoms with E-state index in [2.05, 4.69) is 10.2 Å². The van der Waals surface area contributed by atoms with Crippen molar-refractivity contribution in [1.82, 2.24) is 15.1 Å². The molecule has 0 saturated carbocycles. The van der Waals surface area contributed by atoms with Crippen molar-refractivity contribution in [3.05, 3.63) is 0 Å². The van der Waals surface area contributed by atoms with Crippen molar-refractivity contribution in [1.29, 1.82) is 0 Å². The average Bonchev–Trinajstić information content (AvgIpc) is 2.34. The highest BCUT2D eigenvalue weighted by Crippen LogP contribution is 2.07. The lowest BCUT2D eigenvalue weighted by atomic mass is 10.1. The summed E-state index contributed by atoms with van der Waals surface area (Å²) in [6.45, 7) is 7.69. The Hall–Kier alpha value is -0.610. The molecule has 1 heterocycles. The van der Waals surface area contributed by atoms with Crippen LogP contribution in [0.1, 0.15) is 26.2 Å². The number of likely N-dealkylation sites (tertiary alicyclic amines) is 1. The van der Waals surface area contributed by atoms with Gasteiger partial charge in [-0.25, -0.2) is 0 Å². The predicted octanol–water partition coefficient (Wildman–Crippen LogP) is 0.540. The summed E-state index contributed by atoms with van der Waals surface area (Å²) < 4.78 is 0. The Morgan fingerprint density at radius 3 is 2.62 bits per heavy atom. The van der Waals surface area contributed by atoms with Crippen molar-refractivity contribution in [2.75, 3.05) is 46.3 Å². The van der Waals surface area contributed by atoms with Gasteiger partial charge in [0.15, 0.2) is 0 Å². The van der Waals surface area contributed by atoms with Crippen LogP contribution in [0.2, 0.25) is 0 Å². The molecule has 1 fully saturated rings. The van der Waals surface area contributed by atoms with Gasteiger partial charge in [-0.3, -0.25) is 4.79 Å². The first-order valence-corrected chi connectivity index (χ1v) is 6.41. The van der Waals surface area contributed by atoms with Gasteiger partial charge in [0.2, 0.25) is 5.91 Å². The maximum atomic E-state index is 11.5. The molecule has 16 heavy (non-hydrogen) atoms. The molecule has 1 aliphatic heterocycles. The van der Waals surface area contributed by atoms with Gasteiger partial charge in [0.25, 0.3) is 0 Å². The Bertz CT molecular complexity index is 202. The van der Waals surface area contributed by atoms with Gasteiger partial charge in [-0.05, 0) is 32.9 Å². The van der Waals surface area contributed by atoms with Crippen LogP contribution in [-0.2, 0) is 4.79 Å². The van der Waals surface area contributed by atoms with Crippen LogP contribution in [0.4, 0.5) is 0 Å². The van der Waals surface area contributed by atoms with E-state index in [4.69, 9.17) is 0 Å². The third-order valence-corrected chi connectivity index (χ3v) is 3.23. The van der Waals surface area contributed by atoms with E-state index in [1.54, 1.807) is 4.90 Å². The molecule has 0 bridgehead atoms. The van der Waals surface area contributed by atoms with E-state index >= 15 is 0 Å². The molecule has 1 amide bonds. The van der Waals surface area contributed by atoms with Crippen LogP contribution in [0.5, 0.6) is 0 Å². The fourth-order valence-corrected chi connectivity index (χ4v) is 1.93. The molecule has 1 saturated heterocycles. The molecule has 0 radical (unpaired) electrons. The van der Waals surface area contributed by atoms with Crippen molar-refractivity contribution in [2.45, 2.75) is 26.2 Å². The molecule has 94 valence electrons. The van der Waals surface area contributed by atoms with Gasteiger partial charge in [0.1, 0.15) is 0 Å². The van der Waals surface area contributed by atoms with Crippen LogP contribution in [0, 0.1) is 0 Å². The smallest absolute Gasteiger partial charge is 0.236 e. The Morgan fingerprint density at radius 2 is 2.00 bits per heavy atom. The zero-order valence-corrected chi connectivity index (χ0v) is 10.7. The molecule has 0 aromatic rings. The number of carbonyl (C=O) groups excluding carboxylic acids is 1. The van der Waals surface area contributed by atoms with Gasteiger partial charge in [0.05, 0.1) is 6.54 Å². The van der Waals surface area contributed by atoms with Crippen molar-refractivity contribution in [3.8, 4) is 0 Å². The summed E-state index contributed by atoms with van der Waals surface area (Å²) in [5, 5.41) is 3.21. The highest BCUT2D eigenvalue weighted by atomic mass is 16.2. The number of hydrogen-bond acceptors (Lipinski definition) is 3. The molecule has 1 rings (SSSR count). The molecule has 4 nitrogen and oxygen atoms in total. The number of nitrogens with one attached hydrogen (secondary N) is 1. The van der Waals surface area contributed by atoms with Gasteiger partial charge in [0, 0.05) is 26.7 Å². The quantitative estimate of drug-likeness (QED) is 0.673. The highest BCUT2D eigenvalue weighted by Gasteiger charge is 2.09. The number of amides is 1. The molecule has 0 atom stereocenters. The van der Waals surface area contributed by atoms with Crippen LogP contribution < -0.4 is 5.32 Å². The minimum Gasteiger partial charge on any atom is -0.345 e. The van der Waals surface area contributed by atoms with E-state index in [0.717, 1.165) is 19.6 Å². The maximum absolute atomic E-state index is 11.5. The third-order valence-electron chi connectivity index (χ3n) is 3.23. The number of piperidine rings is 1. The summed E-state index contributed by atoms with van der Waals surface area (Å²) in [6.07, 6.45) is 4.04. The Morgan fingerprint density at radius 1 is 1.31 bits per heavy atom. The Labute approximate surface area is 99.0 Å². The Balaban J connectivity index is 2.00. The van der Waals surface area contributed by atoms with Gasteiger partial charge < -0.3 is 15.1 Å². The predicted molar refractivity (Wildman–Crippen MR) is 66.5 cm³/mol. The molecule has 1 aliphatic rings. The molecule has 0 unspecified atom stereocenters. The second-order valence-electron chi connectivity index (χ2n) is 4.49. The lowest BCUT2D eigenvalue weighted by Gasteiger charge is -2.26. The van der Waals surface area contributed by atoms with Crippen molar-refractivity contribution in [2.24, 2.45) is 0 Å². The second kappa shape index (κ2) is 7.63. The van der Waals surface area contributed by atoms with Gasteiger partial charge >= 0.3 is 0 Å². The normalized spacial score (nSPS) is 17.4. The second-order valence-corrected chi connectivity index (χ2v) is 4.49. The summed E-state index contributed by atoms with van der Waals surface area (Å²) in [5.41, 5.74) is 0. The number of carbonyl (C=O) groups is 1.